The number of nitriles is 1. The van der Waals surface area contributed by atoms with Gasteiger partial charge in [-0.25, -0.2) is 0 Å². The van der Waals surface area contributed by atoms with E-state index in [0.29, 0.717) is 11.4 Å². The minimum absolute atomic E-state index is 0.0274. The molecule has 0 radical (unpaired) electrons. The molecular formula is C16H12N4O3. The Hall–Kier alpha value is -3.53. The standard InChI is InChI=1S/C16H12N4O3/c17-10-9-16(21)19-14-5-3-13(4-6-14)18-11-12-1-7-15(8-2-12)20(22)23/h1-8,11H,9H2,(H,19,21). The first kappa shape index (κ1) is 15.9. The van der Waals surface area contributed by atoms with E-state index in [1.54, 1.807) is 48.7 Å². The van der Waals surface area contributed by atoms with Crippen LogP contribution < -0.4 is 5.32 Å². The molecule has 0 aliphatic heterocycles. The summed E-state index contributed by atoms with van der Waals surface area (Å²) in [5.74, 6) is -0.366. The van der Waals surface area contributed by atoms with Crippen LogP contribution in [0, 0.1) is 21.4 Å². The molecule has 7 nitrogen and oxygen atoms in total. The van der Waals surface area contributed by atoms with Gasteiger partial charge in [0.05, 0.1) is 16.7 Å². The highest BCUT2D eigenvalue weighted by atomic mass is 16.6. The lowest BCUT2D eigenvalue weighted by atomic mass is 10.2. The summed E-state index contributed by atoms with van der Waals surface area (Å²) in [5, 5.41) is 21.6. The number of non-ortho nitro benzene ring substituents is 1. The highest BCUT2D eigenvalue weighted by Crippen LogP contribution is 2.17. The van der Waals surface area contributed by atoms with Crippen LogP contribution in [0.2, 0.25) is 0 Å². The van der Waals surface area contributed by atoms with Gasteiger partial charge in [0.2, 0.25) is 5.91 Å². The molecule has 23 heavy (non-hydrogen) atoms. The Bertz CT molecular complexity index is 774. The van der Waals surface area contributed by atoms with Crippen molar-refractivity contribution in [3.8, 4) is 6.07 Å². The molecule has 0 bridgehead atoms. The number of nitrogens with zero attached hydrogens (tertiary/aromatic N) is 3. The Morgan fingerprint density at radius 3 is 2.43 bits per heavy atom. The number of nitro groups is 1. The summed E-state index contributed by atoms with van der Waals surface area (Å²) >= 11 is 0. The van der Waals surface area contributed by atoms with Crippen LogP contribution in [0.3, 0.4) is 0 Å². The predicted molar refractivity (Wildman–Crippen MR) is 85.7 cm³/mol. The van der Waals surface area contributed by atoms with Gasteiger partial charge in [0.1, 0.15) is 6.42 Å². The molecule has 2 rings (SSSR count). The second-order valence-electron chi connectivity index (χ2n) is 4.54. The molecule has 2 aromatic carbocycles. The van der Waals surface area contributed by atoms with Gasteiger partial charge in [0.25, 0.3) is 5.69 Å². The average molecular weight is 308 g/mol. The fraction of sp³-hybridized carbons (Fsp3) is 0.0625. The van der Waals surface area contributed by atoms with Crippen LogP contribution >= 0.6 is 0 Å². The van der Waals surface area contributed by atoms with E-state index in [9.17, 15) is 14.9 Å². The predicted octanol–water partition coefficient (Wildman–Crippen LogP) is 3.20. The van der Waals surface area contributed by atoms with Crippen molar-refractivity contribution >= 4 is 29.2 Å². The largest absolute Gasteiger partial charge is 0.325 e. The zero-order chi connectivity index (χ0) is 16.7. The van der Waals surface area contributed by atoms with Gasteiger partial charge in [0, 0.05) is 24.0 Å². The lowest BCUT2D eigenvalue weighted by molar-refractivity contribution is -0.384. The topological polar surface area (TPSA) is 108 Å². The molecule has 2 aromatic rings. The van der Waals surface area contributed by atoms with E-state index in [-0.39, 0.29) is 18.0 Å². The van der Waals surface area contributed by atoms with Crippen LogP contribution in [0.1, 0.15) is 12.0 Å². The van der Waals surface area contributed by atoms with E-state index in [2.05, 4.69) is 10.3 Å². The van der Waals surface area contributed by atoms with E-state index >= 15 is 0 Å². The van der Waals surface area contributed by atoms with Gasteiger partial charge >= 0.3 is 0 Å². The molecule has 1 N–H and O–H groups in total. The van der Waals surface area contributed by atoms with Crippen LogP contribution in [0.4, 0.5) is 17.1 Å². The van der Waals surface area contributed by atoms with Gasteiger partial charge in [-0.05, 0) is 42.0 Å². The van der Waals surface area contributed by atoms with Gasteiger partial charge in [0.15, 0.2) is 0 Å². The number of anilines is 1. The smallest absolute Gasteiger partial charge is 0.269 e. The van der Waals surface area contributed by atoms with Crippen molar-refractivity contribution in [2.24, 2.45) is 4.99 Å². The molecule has 0 heterocycles. The number of nitrogens with one attached hydrogen (secondary N) is 1. The Labute approximate surface area is 132 Å². The normalized spacial score (nSPS) is 10.2. The summed E-state index contributed by atoms with van der Waals surface area (Å²) in [6, 6.07) is 14.6. The number of carbonyl (C=O) groups excluding carboxylic acids is 1. The molecule has 7 heteroatoms. The van der Waals surface area contributed by atoms with Crippen molar-refractivity contribution in [2.75, 3.05) is 5.32 Å². The SMILES string of the molecule is N#CCC(=O)Nc1ccc(N=Cc2ccc([N+](=O)[O-])cc2)cc1. The van der Waals surface area contributed by atoms with Gasteiger partial charge in [-0.15, -0.1) is 0 Å². The van der Waals surface area contributed by atoms with Crippen LogP contribution in [0.25, 0.3) is 0 Å². The van der Waals surface area contributed by atoms with Crippen molar-refractivity contribution < 1.29 is 9.72 Å². The first-order chi connectivity index (χ1) is 11.1. The fourth-order valence-corrected chi connectivity index (χ4v) is 1.74. The van der Waals surface area contributed by atoms with E-state index in [0.717, 1.165) is 5.56 Å². The van der Waals surface area contributed by atoms with E-state index in [1.165, 1.54) is 12.1 Å². The number of benzene rings is 2. The molecule has 0 aliphatic rings. The number of nitro benzene ring substituents is 1. The zero-order valence-electron chi connectivity index (χ0n) is 12.0. The summed E-state index contributed by atoms with van der Waals surface area (Å²) in [5.41, 5.74) is 2.02. The third kappa shape index (κ3) is 4.75. The van der Waals surface area contributed by atoms with Gasteiger partial charge in [-0.3, -0.25) is 19.9 Å². The van der Waals surface area contributed by atoms with Gasteiger partial charge < -0.3 is 5.32 Å². The summed E-state index contributed by atoms with van der Waals surface area (Å²) < 4.78 is 0. The fourth-order valence-electron chi connectivity index (χ4n) is 1.74. The lowest BCUT2D eigenvalue weighted by Gasteiger charge is -2.02. The average Bonchev–Trinajstić information content (AvgIpc) is 2.55. The molecular weight excluding hydrogens is 296 g/mol. The third-order valence-electron chi connectivity index (χ3n) is 2.86. The number of hydrogen-bond acceptors (Lipinski definition) is 5. The quantitative estimate of drug-likeness (QED) is 0.519. The van der Waals surface area contributed by atoms with Crippen molar-refractivity contribution in [3.05, 3.63) is 64.2 Å². The van der Waals surface area contributed by atoms with Crippen molar-refractivity contribution in [1.82, 2.24) is 0 Å². The lowest BCUT2D eigenvalue weighted by Crippen LogP contribution is -2.09. The Morgan fingerprint density at radius 1 is 1.22 bits per heavy atom. The number of rotatable bonds is 5. The third-order valence-corrected chi connectivity index (χ3v) is 2.86. The maximum Gasteiger partial charge on any atom is 0.269 e. The summed E-state index contributed by atoms with van der Waals surface area (Å²) in [7, 11) is 0. The summed E-state index contributed by atoms with van der Waals surface area (Å²) in [6.45, 7) is 0. The van der Waals surface area contributed by atoms with Crippen LogP contribution in [-0.2, 0) is 4.79 Å². The first-order valence-electron chi connectivity index (χ1n) is 6.64. The van der Waals surface area contributed by atoms with Gasteiger partial charge in [-0.1, -0.05) is 0 Å². The zero-order valence-corrected chi connectivity index (χ0v) is 12.0. The Morgan fingerprint density at radius 2 is 1.87 bits per heavy atom. The van der Waals surface area contributed by atoms with E-state index in [1.807, 2.05) is 0 Å². The summed E-state index contributed by atoms with van der Waals surface area (Å²) in [6.07, 6.45) is 1.40. The molecule has 0 saturated heterocycles. The van der Waals surface area contributed by atoms with Crippen molar-refractivity contribution in [2.45, 2.75) is 6.42 Å². The van der Waals surface area contributed by atoms with Crippen molar-refractivity contribution in [3.63, 3.8) is 0 Å². The highest BCUT2D eigenvalue weighted by molar-refractivity contribution is 5.92. The van der Waals surface area contributed by atoms with Crippen LogP contribution in [-0.4, -0.2) is 17.0 Å². The Balaban J connectivity index is 2.01. The minimum atomic E-state index is -0.458. The van der Waals surface area contributed by atoms with Crippen LogP contribution in [0.5, 0.6) is 0 Å². The number of amides is 1. The molecule has 1 amide bonds. The molecule has 0 atom stereocenters. The molecule has 0 saturated carbocycles. The highest BCUT2D eigenvalue weighted by Gasteiger charge is 2.03. The maximum atomic E-state index is 11.3. The van der Waals surface area contributed by atoms with Crippen LogP contribution in [0.15, 0.2) is 53.5 Å². The second kappa shape index (κ2) is 7.47. The minimum Gasteiger partial charge on any atom is -0.325 e. The Kier molecular flexibility index (Phi) is 5.15. The number of hydrogen-bond donors (Lipinski definition) is 1. The molecule has 0 aliphatic carbocycles. The molecule has 0 spiro atoms. The number of aliphatic imine (C=N–C) groups is 1. The molecule has 114 valence electrons. The first-order valence-corrected chi connectivity index (χ1v) is 6.64. The van der Waals surface area contributed by atoms with E-state index < -0.39 is 4.92 Å². The molecule has 0 fully saturated rings. The molecule has 0 aromatic heterocycles. The monoisotopic (exact) mass is 308 g/mol. The van der Waals surface area contributed by atoms with Crippen molar-refractivity contribution in [1.29, 1.82) is 5.26 Å². The number of carbonyl (C=O) groups is 1. The summed E-state index contributed by atoms with van der Waals surface area (Å²) in [4.78, 5) is 25.6. The van der Waals surface area contributed by atoms with Gasteiger partial charge in [-0.2, -0.15) is 5.26 Å². The second-order valence-corrected chi connectivity index (χ2v) is 4.54. The van der Waals surface area contributed by atoms with E-state index in [4.69, 9.17) is 5.26 Å². The maximum absolute atomic E-state index is 11.3. The molecule has 0 unspecified atom stereocenters.